The van der Waals surface area contributed by atoms with Gasteiger partial charge in [-0.05, 0) is 70.6 Å². The van der Waals surface area contributed by atoms with Crippen LogP contribution in [0.4, 0.5) is 0 Å². The Hall–Kier alpha value is -1.82. The number of carbonyl (C=O) groups is 1. The van der Waals surface area contributed by atoms with Crippen LogP contribution >= 0.6 is 27.5 Å². The molecule has 1 N–H and O–H groups in total. The van der Waals surface area contributed by atoms with E-state index in [0.29, 0.717) is 22.1 Å². The lowest BCUT2D eigenvalue weighted by molar-refractivity contribution is -0.118. The van der Waals surface area contributed by atoms with Crippen molar-refractivity contribution in [2.75, 3.05) is 0 Å². The molecule has 2 fully saturated rings. The maximum Gasteiger partial charge on any atom is 0.173 e. The summed E-state index contributed by atoms with van der Waals surface area (Å²) in [6.45, 7) is 2.04. The second kappa shape index (κ2) is 7.15. The molecule has 2 bridgehead atoms. The first-order chi connectivity index (χ1) is 14.0. The average molecular weight is 476 g/mol. The van der Waals surface area contributed by atoms with E-state index in [0.717, 1.165) is 34.9 Å². The molecule has 2 aliphatic heterocycles. The number of aliphatic hydroxyl groups is 1. The summed E-state index contributed by atoms with van der Waals surface area (Å²) in [7, 11) is 0. The Labute approximate surface area is 182 Å². The molecule has 2 aromatic carbocycles. The van der Waals surface area contributed by atoms with Crippen LogP contribution in [0.3, 0.4) is 0 Å². The highest BCUT2D eigenvalue weighted by atomic mass is 79.9. The van der Waals surface area contributed by atoms with Crippen LogP contribution in [0.15, 0.2) is 46.6 Å². The Morgan fingerprint density at radius 2 is 1.83 bits per heavy atom. The maximum absolute atomic E-state index is 13.2. The van der Waals surface area contributed by atoms with E-state index >= 15 is 0 Å². The molecule has 1 aliphatic carbocycles. The predicted molar refractivity (Wildman–Crippen MR) is 114 cm³/mol. The first-order valence-electron chi connectivity index (χ1n) is 9.87. The standard InChI is InChI=1S/C23H20BrClO4/c1-2-11-3-4-12(28-13-5-6-15(24)16(25)10-13)9-14(11)19-22(26)20-17-7-8-18(29-17)21(20)23(19)27/h3-6,9-10,17-18,20-21,26H,2,7-8H2,1H3/t17-,18+,20-,21+/m1/s1. The number of fused-ring (bicyclic) bond motifs is 5. The minimum atomic E-state index is -0.247. The van der Waals surface area contributed by atoms with E-state index in [-0.39, 0.29) is 35.6 Å². The molecule has 4 atom stereocenters. The van der Waals surface area contributed by atoms with Crippen LogP contribution < -0.4 is 4.74 Å². The number of hydrogen-bond acceptors (Lipinski definition) is 4. The van der Waals surface area contributed by atoms with Crippen LogP contribution in [-0.2, 0) is 16.0 Å². The Balaban J connectivity index is 1.53. The number of benzene rings is 2. The zero-order valence-corrected chi connectivity index (χ0v) is 18.2. The fourth-order valence-corrected chi connectivity index (χ4v) is 5.34. The number of carbonyl (C=O) groups excluding carboxylic acids is 1. The first kappa shape index (κ1) is 19.2. The van der Waals surface area contributed by atoms with Crippen molar-refractivity contribution in [3.8, 4) is 11.5 Å². The number of aryl methyl sites for hydroxylation is 1. The van der Waals surface area contributed by atoms with Gasteiger partial charge in [-0.2, -0.15) is 0 Å². The molecule has 6 heteroatoms. The monoisotopic (exact) mass is 474 g/mol. The molecule has 0 spiro atoms. The van der Waals surface area contributed by atoms with E-state index in [9.17, 15) is 9.90 Å². The van der Waals surface area contributed by atoms with Crippen molar-refractivity contribution in [1.29, 1.82) is 0 Å². The molecule has 0 unspecified atom stereocenters. The van der Waals surface area contributed by atoms with Crippen LogP contribution in [-0.4, -0.2) is 23.1 Å². The largest absolute Gasteiger partial charge is 0.511 e. The van der Waals surface area contributed by atoms with E-state index in [1.807, 2.05) is 37.3 Å². The molecule has 3 aliphatic rings. The zero-order valence-electron chi connectivity index (χ0n) is 15.8. The molecule has 2 aromatic rings. The van der Waals surface area contributed by atoms with Crippen molar-refractivity contribution in [2.45, 2.75) is 38.4 Å². The molecule has 0 radical (unpaired) electrons. The van der Waals surface area contributed by atoms with Crippen molar-refractivity contribution in [3.63, 3.8) is 0 Å². The highest BCUT2D eigenvalue weighted by molar-refractivity contribution is 9.10. The number of allylic oxidation sites excluding steroid dienone is 1. The van der Waals surface area contributed by atoms with Gasteiger partial charge in [0.1, 0.15) is 17.3 Å². The highest BCUT2D eigenvalue weighted by Crippen LogP contribution is 2.54. The topological polar surface area (TPSA) is 55.8 Å². The van der Waals surface area contributed by atoms with E-state index in [4.69, 9.17) is 21.1 Å². The van der Waals surface area contributed by atoms with E-state index in [1.54, 1.807) is 6.07 Å². The van der Waals surface area contributed by atoms with Gasteiger partial charge in [0.25, 0.3) is 0 Å². The minimum Gasteiger partial charge on any atom is -0.511 e. The van der Waals surface area contributed by atoms with Gasteiger partial charge in [0.05, 0.1) is 34.6 Å². The van der Waals surface area contributed by atoms with Crippen LogP contribution in [0.25, 0.3) is 5.57 Å². The van der Waals surface area contributed by atoms with E-state index < -0.39 is 0 Å². The first-order valence-corrected chi connectivity index (χ1v) is 11.0. The Kier molecular flexibility index (Phi) is 4.72. The second-order valence-electron chi connectivity index (χ2n) is 7.82. The molecule has 5 rings (SSSR count). The maximum atomic E-state index is 13.2. The van der Waals surface area contributed by atoms with Gasteiger partial charge in [-0.25, -0.2) is 0 Å². The third kappa shape index (κ3) is 3.02. The summed E-state index contributed by atoms with van der Waals surface area (Å²) in [5.41, 5.74) is 2.20. The molecule has 0 amide bonds. The summed E-state index contributed by atoms with van der Waals surface area (Å²) in [5, 5.41) is 11.5. The van der Waals surface area contributed by atoms with Gasteiger partial charge in [-0.1, -0.05) is 24.6 Å². The predicted octanol–water partition coefficient (Wildman–Crippen LogP) is 6.10. The number of aliphatic hydroxyl groups excluding tert-OH is 1. The summed E-state index contributed by atoms with van der Waals surface area (Å²) in [6, 6.07) is 11.1. The number of rotatable bonds is 4. The molecule has 0 saturated carbocycles. The van der Waals surface area contributed by atoms with E-state index in [2.05, 4.69) is 15.9 Å². The third-order valence-corrected chi connectivity index (χ3v) is 7.49. The molecule has 2 saturated heterocycles. The van der Waals surface area contributed by atoms with E-state index in [1.165, 1.54) is 0 Å². The van der Waals surface area contributed by atoms with Crippen molar-refractivity contribution >= 4 is 38.9 Å². The number of ketones is 1. The van der Waals surface area contributed by atoms with Gasteiger partial charge < -0.3 is 14.6 Å². The van der Waals surface area contributed by atoms with Gasteiger partial charge in [0.15, 0.2) is 5.78 Å². The van der Waals surface area contributed by atoms with Crippen molar-refractivity contribution in [3.05, 3.63) is 62.8 Å². The van der Waals surface area contributed by atoms with Crippen molar-refractivity contribution in [1.82, 2.24) is 0 Å². The van der Waals surface area contributed by atoms with Crippen LogP contribution in [0.2, 0.25) is 5.02 Å². The van der Waals surface area contributed by atoms with Crippen LogP contribution in [0, 0.1) is 11.8 Å². The van der Waals surface area contributed by atoms with Gasteiger partial charge in [0, 0.05) is 10.5 Å². The summed E-state index contributed by atoms with van der Waals surface area (Å²) in [6.07, 6.45) is 2.45. The smallest absolute Gasteiger partial charge is 0.173 e. The second-order valence-corrected chi connectivity index (χ2v) is 9.08. The average Bonchev–Trinajstić information content (AvgIpc) is 3.39. The highest BCUT2D eigenvalue weighted by Gasteiger charge is 2.59. The van der Waals surface area contributed by atoms with Crippen LogP contribution in [0.5, 0.6) is 11.5 Å². The van der Waals surface area contributed by atoms with Gasteiger partial charge >= 0.3 is 0 Å². The fourth-order valence-electron chi connectivity index (χ4n) is 4.92. The van der Waals surface area contributed by atoms with Crippen molar-refractivity contribution in [2.24, 2.45) is 11.8 Å². The normalized spacial score (nSPS) is 27.6. The lowest BCUT2D eigenvalue weighted by Gasteiger charge is -2.19. The number of ether oxygens (including phenoxy) is 2. The molecule has 4 nitrogen and oxygen atoms in total. The molecular weight excluding hydrogens is 456 g/mol. The Morgan fingerprint density at radius 1 is 1.14 bits per heavy atom. The quantitative estimate of drug-likeness (QED) is 0.580. The fraction of sp³-hybridized carbons (Fsp3) is 0.348. The van der Waals surface area contributed by atoms with Gasteiger partial charge in [-0.3, -0.25) is 4.79 Å². The lowest BCUT2D eigenvalue weighted by Crippen LogP contribution is -2.29. The Bertz CT molecular complexity index is 1050. The van der Waals surface area contributed by atoms with Crippen LogP contribution in [0.1, 0.15) is 30.9 Å². The number of halogens is 2. The number of hydrogen-bond donors (Lipinski definition) is 1. The lowest BCUT2D eigenvalue weighted by atomic mass is 9.80. The summed E-state index contributed by atoms with van der Waals surface area (Å²) < 4.78 is 12.7. The molecule has 150 valence electrons. The SMILES string of the molecule is CCc1ccc(Oc2ccc(Br)c(Cl)c2)cc1C1=C(O)[C@H]2[C@@H](C1=O)[C@@H]1CC[C@H]2O1. The molecular formula is C23H20BrClO4. The van der Waals surface area contributed by atoms with Crippen molar-refractivity contribution < 1.29 is 19.4 Å². The Morgan fingerprint density at radius 3 is 2.52 bits per heavy atom. The van der Waals surface area contributed by atoms with Gasteiger partial charge in [-0.15, -0.1) is 0 Å². The summed E-state index contributed by atoms with van der Waals surface area (Å²) in [5.74, 6) is 0.940. The summed E-state index contributed by atoms with van der Waals surface area (Å²) >= 11 is 9.54. The molecule has 0 aromatic heterocycles. The summed E-state index contributed by atoms with van der Waals surface area (Å²) in [4.78, 5) is 13.2. The molecule has 29 heavy (non-hydrogen) atoms. The zero-order chi connectivity index (χ0) is 20.3. The van der Waals surface area contributed by atoms with Gasteiger partial charge in [0.2, 0.25) is 0 Å². The minimum absolute atomic E-state index is 0.00163. The molecule has 2 heterocycles. The number of Topliss-reactive ketones (excluding diaryl/α,β-unsaturated/α-hetero) is 1. The third-order valence-electron chi connectivity index (χ3n) is 6.25.